The fourth-order valence-corrected chi connectivity index (χ4v) is 1.20. The lowest BCUT2D eigenvalue weighted by Gasteiger charge is -1.94. The van der Waals surface area contributed by atoms with Crippen molar-refractivity contribution in [2.75, 3.05) is 0 Å². The minimum absolute atomic E-state index is 1.09. The molecule has 2 rings (SSSR count). The van der Waals surface area contributed by atoms with Gasteiger partial charge in [0.05, 0.1) is 5.69 Å². The molecule has 2 heterocycles. The van der Waals surface area contributed by atoms with Crippen molar-refractivity contribution in [2.24, 2.45) is 7.05 Å². The molecule has 80 valence electrons. The first-order valence-electron chi connectivity index (χ1n) is 4.94. The van der Waals surface area contributed by atoms with E-state index in [1.54, 1.807) is 12.4 Å². The molecule has 0 fully saturated rings. The van der Waals surface area contributed by atoms with Gasteiger partial charge in [0, 0.05) is 25.1 Å². The highest BCUT2D eigenvalue weighted by Gasteiger charge is 2.00. The first-order chi connectivity index (χ1) is 7.13. The van der Waals surface area contributed by atoms with Crippen LogP contribution >= 0.6 is 0 Å². The molecule has 3 nitrogen and oxygen atoms in total. The molecule has 0 aromatic carbocycles. The molecule has 0 unspecified atom stereocenters. The smallest absolute Gasteiger partial charge is 0.105 e. The van der Waals surface area contributed by atoms with Crippen molar-refractivity contribution in [3.8, 4) is 0 Å². The van der Waals surface area contributed by atoms with E-state index >= 15 is 0 Å². The van der Waals surface area contributed by atoms with E-state index in [0.717, 1.165) is 11.5 Å². The fourth-order valence-electron chi connectivity index (χ4n) is 1.20. The van der Waals surface area contributed by atoms with Crippen molar-refractivity contribution in [1.82, 2.24) is 14.5 Å². The molecular weight excluding hydrogens is 186 g/mol. The van der Waals surface area contributed by atoms with Crippen molar-refractivity contribution >= 4 is 0 Å². The van der Waals surface area contributed by atoms with E-state index in [1.165, 1.54) is 5.69 Å². The van der Waals surface area contributed by atoms with Crippen LogP contribution in [0.25, 0.3) is 0 Å². The second-order valence-corrected chi connectivity index (χ2v) is 3.41. The molecule has 2 aromatic heterocycles. The van der Waals surface area contributed by atoms with Crippen LogP contribution in [0.4, 0.5) is 0 Å². The third-order valence-corrected chi connectivity index (χ3v) is 2.41. The molecule has 0 N–H and O–H groups in total. The highest BCUT2D eigenvalue weighted by molar-refractivity contribution is 5.12. The Hall–Kier alpha value is -1.64. The first-order valence-corrected chi connectivity index (χ1v) is 4.94. The molecule has 0 spiro atoms. The van der Waals surface area contributed by atoms with E-state index in [1.807, 2.05) is 39.1 Å². The highest BCUT2D eigenvalue weighted by atomic mass is 15.1. The summed E-state index contributed by atoms with van der Waals surface area (Å²) in [7, 11) is 2.03. The number of aromatic nitrogens is 3. The lowest BCUT2D eigenvalue weighted by Crippen LogP contribution is -1.92. The SMILES string of the molecule is Cc1nc(C)n(C)c1C.c1ccncc1. The number of hydrogen-bond acceptors (Lipinski definition) is 2. The molecule has 0 aliphatic carbocycles. The molecule has 0 amide bonds. The monoisotopic (exact) mass is 203 g/mol. The van der Waals surface area contributed by atoms with Gasteiger partial charge in [0.15, 0.2) is 0 Å². The van der Waals surface area contributed by atoms with E-state index in [-0.39, 0.29) is 0 Å². The van der Waals surface area contributed by atoms with E-state index in [9.17, 15) is 0 Å². The van der Waals surface area contributed by atoms with Crippen LogP contribution in [-0.2, 0) is 7.05 Å². The third kappa shape index (κ3) is 3.20. The van der Waals surface area contributed by atoms with Gasteiger partial charge in [-0.25, -0.2) is 4.98 Å². The summed E-state index contributed by atoms with van der Waals surface area (Å²) in [6.45, 7) is 6.12. The Morgan fingerprint density at radius 1 is 1.00 bits per heavy atom. The maximum atomic E-state index is 4.27. The van der Waals surface area contributed by atoms with Gasteiger partial charge in [0.1, 0.15) is 5.82 Å². The van der Waals surface area contributed by atoms with Crippen LogP contribution in [0.3, 0.4) is 0 Å². The molecule has 0 saturated carbocycles. The first kappa shape index (κ1) is 11.4. The van der Waals surface area contributed by atoms with Crippen LogP contribution < -0.4 is 0 Å². The summed E-state index contributed by atoms with van der Waals surface area (Å²) in [6, 6.07) is 5.72. The van der Waals surface area contributed by atoms with E-state index in [2.05, 4.69) is 21.5 Å². The summed E-state index contributed by atoms with van der Waals surface area (Å²) < 4.78 is 2.09. The summed E-state index contributed by atoms with van der Waals surface area (Å²) in [5, 5.41) is 0. The molecule has 2 aromatic rings. The van der Waals surface area contributed by atoms with Gasteiger partial charge in [-0.3, -0.25) is 4.98 Å². The zero-order valence-corrected chi connectivity index (χ0v) is 9.73. The second-order valence-electron chi connectivity index (χ2n) is 3.41. The zero-order valence-electron chi connectivity index (χ0n) is 9.73. The zero-order chi connectivity index (χ0) is 11.3. The van der Waals surface area contributed by atoms with Gasteiger partial charge in [-0.2, -0.15) is 0 Å². The Bertz CT molecular complexity index is 355. The topological polar surface area (TPSA) is 30.7 Å². The van der Waals surface area contributed by atoms with E-state index in [4.69, 9.17) is 0 Å². The van der Waals surface area contributed by atoms with Gasteiger partial charge < -0.3 is 4.57 Å². The largest absolute Gasteiger partial charge is 0.335 e. The van der Waals surface area contributed by atoms with Gasteiger partial charge in [-0.05, 0) is 32.9 Å². The van der Waals surface area contributed by atoms with E-state index in [0.29, 0.717) is 0 Å². The summed E-state index contributed by atoms with van der Waals surface area (Å²) in [5.74, 6) is 1.09. The Labute approximate surface area is 90.8 Å². The number of rotatable bonds is 0. The third-order valence-electron chi connectivity index (χ3n) is 2.41. The summed E-state index contributed by atoms with van der Waals surface area (Å²) in [6.07, 6.45) is 3.50. The number of aryl methyl sites for hydroxylation is 2. The minimum atomic E-state index is 1.09. The molecule has 15 heavy (non-hydrogen) atoms. The fraction of sp³-hybridized carbons (Fsp3) is 0.333. The maximum absolute atomic E-state index is 4.27. The average molecular weight is 203 g/mol. The predicted octanol–water partition coefficient (Wildman–Crippen LogP) is 2.43. The molecule has 3 heteroatoms. The summed E-state index contributed by atoms with van der Waals surface area (Å²) in [4.78, 5) is 8.06. The average Bonchev–Trinajstić information content (AvgIpc) is 2.49. The predicted molar refractivity (Wildman–Crippen MR) is 61.7 cm³/mol. The molecular formula is C12H17N3. The van der Waals surface area contributed by atoms with Crippen molar-refractivity contribution in [1.29, 1.82) is 0 Å². The van der Waals surface area contributed by atoms with Gasteiger partial charge in [-0.15, -0.1) is 0 Å². The Morgan fingerprint density at radius 3 is 1.73 bits per heavy atom. The van der Waals surface area contributed by atoms with Crippen LogP contribution in [0.1, 0.15) is 17.2 Å². The molecule has 0 saturated heterocycles. The lowest BCUT2D eigenvalue weighted by molar-refractivity contribution is 0.827. The molecule has 0 radical (unpaired) electrons. The van der Waals surface area contributed by atoms with Gasteiger partial charge in [-0.1, -0.05) is 6.07 Å². The molecule has 0 aliphatic heterocycles. The van der Waals surface area contributed by atoms with Crippen molar-refractivity contribution < 1.29 is 0 Å². The van der Waals surface area contributed by atoms with Gasteiger partial charge >= 0.3 is 0 Å². The minimum Gasteiger partial charge on any atom is -0.335 e. The van der Waals surface area contributed by atoms with Crippen molar-refractivity contribution in [3.63, 3.8) is 0 Å². The Balaban J connectivity index is 0.000000162. The molecule has 0 bridgehead atoms. The Kier molecular flexibility index (Phi) is 4.03. The van der Waals surface area contributed by atoms with Crippen molar-refractivity contribution in [2.45, 2.75) is 20.8 Å². The summed E-state index contributed by atoms with van der Waals surface area (Å²) >= 11 is 0. The molecule has 0 atom stereocenters. The normalized spacial score (nSPS) is 9.33. The van der Waals surface area contributed by atoms with Gasteiger partial charge in [0.2, 0.25) is 0 Å². The second kappa shape index (κ2) is 5.29. The number of pyridine rings is 1. The van der Waals surface area contributed by atoms with Crippen molar-refractivity contribution in [3.05, 3.63) is 47.8 Å². The van der Waals surface area contributed by atoms with Crippen LogP contribution in [0.2, 0.25) is 0 Å². The number of imidazole rings is 1. The van der Waals surface area contributed by atoms with Crippen LogP contribution in [0.5, 0.6) is 0 Å². The number of hydrogen-bond donors (Lipinski definition) is 0. The lowest BCUT2D eigenvalue weighted by atomic mass is 10.4. The number of nitrogens with zero attached hydrogens (tertiary/aromatic N) is 3. The van der Waals surface area contributed by atoms with Crippen LogP contribution in [-0.4, -0.2) is 14.5 Å². The van der Waals surface area contributed by atoms with Crippen LogP contribution in [0, 0.1) is 20.8 Å². The maximum Gasteiger partial charge on any atom is 0.105 e. The van der Waals surface area contributed by atoms with Gasteiger partial charge in [0.25, 0.3) is 0 Å². The highest BCUT2D eigenvalue weighted by Crippen LogP contribution is 2.05. The standard InChI is InChI=1S/C7H12N2.C5H5N/c1-5-6(2)9(4)7(3)8-5;1-2-4-6-5-3-1/h1-4H3;1-5H. The van der Waals surface area contributed by atoms with Crippen LogP contribution in [0.15, 0.2) is 30.6 Å². The Morgan fingerprint density at radius 2 is 1.60 bits per heavy atom. The summed E-state index contributed by atoms with van der Waals surface area (Å²) in [5.41, 5.74) is 2.39. The molecule has 0 aliphatic rings. The quantitative estimate of drug-likeness (QED) is 0.658. The van der Waals surface area contributed by atoms with E-state index < -0.39 is 0 Å².